The summed E-state index contributed by atoms with van der Waals surface area (Å²) in [7, 11) is 0. The number of carbonyl (C=O) groups excluding carboxylic acids is 2. The van der Waals surface area contributed by atoms with E-state index in [0.717, 1.165) is 28.7 Å². The van der Waals surface area contributed by atoms with Crippen molar-refractivity contribution in [1.82, 2.24) is 0 Å². The minimum absolute atomic E-state index is 0.0274. The van der Waals surface area contributed by atoms with Gasteiger partial charge in [0.05, 0.1) is 17.1 Å². The van der Waals surface area contributed by atoms with Gasteiger partial charge in [-0.15, -0.1) is 0 Å². The maximum atomic E-state index is 14.5. The van der Waals surface area contributed by atoms with Crippen molar-refractivity contribution in [3.63, 3.8) is 0 Å². The summed E-state index contributed by atoms with van der Waals surface area (Å²) >= 11 is 0. The Kier molecular flexibility index (Phi) is 6.86. The van der Waals surface area contributed by atoms with Crippen LogP contribution in [0.15, 0.2) is 83.4 Å². The second kappa shape index (κ2) is 9.67. The minimum Gasteiger partial charge on any atom is -0.512 e. The standard InChI is InChI=1S/C37H42O5/c1-19(2)28-27(38)18-35(7)34(42)36(8)23(6)26-15-14-25(17-21(4)16-24-12-10-20(3)11-13-24)22(5)29(26)31(39)30(36)33(41)37(35,9)32(28)40/h10-15,23,34,38,41-42H,1,4,16-18H2,2-3,5-9H3/t23-,34+,35+,36+,37-/m1/s1. The van der Waals surface area contributed by atoms with Crippen molar-refractivity contribution in [3.8, 4) is 0 Å². The van der Waals surface area contributed by atoms with Crippen molar-refractivity contribution in [1.29, 1.82) is 0 Å². The Morgan fingerprint density at radius 1 is 0.976 bits per heavy atom. The molecule has 2 aromatic rings. The van der Waals surface area contributed by atoms with Gasteiger partial charge in [0, 0.05) is 28.4 Å². The molecule has 0 radical (unpaired) electrons. The third-order valence-corrected chi connectivity index (χ3v) is 10.9. The summed E-state index contributed by atoms with van der Waals surface area (Å²) in [5, 5.41) is 35.2. The molecule has 0 unspecified atom stereocenters. The van der Waals surface area contributed by atoms with E-state index in [1.54, 1.807) is 27.7 Å². The topological polar surface area (TPSA) is 94.8 Å². The lowest BCUT2D eigenvalue weighted by molar-refractivity contribution is -0.161. The van der Waals surface area contributed by atoms with Crippen LogP contribution >= 0.6 is 0 Å². The fourth-order valence-corrected chi connectivity index (χ4v) is 7.95. The molecule has 3 N–H and O–H groups in total. The fraction of sp³-hybridized carbons (Fsp3) is 0.405. The Morgan fingerprint density at radius 2 is 1.60 bits per heavy atom. The van der Waals surface area contributed by atoms with Crippen LogP contribution in [0.3, 0.4) is 0 Å². The second-order valence-electron chi connectivity index (χ2n) is 13.5. The van der Waals surface area contributed by atoms with Crippen molar-refractivity contribution in [2.45, 2.75) is 79.8 Å². The number of rotatable bonds is 5. The van der Waals surface area contributed by atoms with Crippen LogP contribution < -0.4 is 0 Å². The summed E-state index contributed by atoms with van der Waals surface area (Å²) in [5.41, 5.74) is 2.97. The van der Waals surface area contributed by atoms with E-state index in [1.807, 2.05) is 26.0 Å². The molecule has 3 aliphatic rings. The minimum atomic E-state index is -1.62. The molecule has 5 rings (SSSR count). The number of ketones is 2. The van der Waals surface area contributed by atoms with Crippen molar-refractivity contribution >= 4 is 11.6 Å². The highest BCUT2D eigenvalue weighted by Gasteiger charge is 2.71. The molecule has 0 fully saturated rings. The predicted octanol–water partition coefficient (Wildman–Crippen LogP) is 7.51. The maximum Gasteiger partial charge on any atom is 0.193 e. The Morgan fingerprint density at radius 3 is 2.19 bits per heavy atom. The SMILES string of the molecule is C=C(Cc1ccc(C)cc1)Cc1ccc2c(c1C)C(=O)C1=C(O)[C@@]3(C)C(=O)C(C(=C)C)=C(O)C[C@@]3(C)[C@H](O)[C@@]1(C)[C@@H]2C. The lowest BCUT2D eigenvalue weighted by Crippen LogP contribution is -2.65. The van der Waals surface area contributed by atoms with Crippen LogP contribution in [-0.2, 0) is 17.6 Å². The largest absolute Gasteiger partial charge is 0.512 e. The summed E-state index contributed by atoms with van der Waals surface area (Å²) in [6.07, 6.45) is 0.0854. The van der Waals surface area contributed by atoms with E-state index in [4.69, 9.17) is 0 Å². The molecule has 0 saturated heterocycles. The van der Waals surface area contributed by atoms with E-state index in [9.17, 15) is 24.9 Å². The van der Waals surface area contributed by atoms with Gasteiger partial charge in [-0.3, -0.25) is 9.59 Å². The number of aryl methyl sites for hydroxylation is 1. The molecular formula is C37H42O5. The molecule has 0 bridgehead atoms. The zero-order valence-electron chi connectivity index (χ0n) is 25.8. The number of fused-ring (bicyclic) bond motifs is 3. The molecule has 42 heavy (non-hydrogen) atoms. The molecule has 0 aromatic heterocycles. The van der Waals surface area contributed by atoms with E-state index in [-0.39, 0.29) is 40.8 Å². The number of allylic oxidation sites excluding steroid dienone is 5. The molecule has 0 amide bonds. The molecule has 0 heterocycles. The van der Waals surface area contributed by atoms with Gasteiger partial charge in [-0.25, -0.2) is 0 Å². The average Bonchev–Trinajstić information content (AvgIpc) is 2.91. The van der Waals surface area contributed by atoms with Gasteiger partial charge in [0.25, 0.3) is 0 Å². The molecular weight excluding hydrogens is 524 g/mol. The van der Waals surface area contributed by atoms with E-state index in [0.29, 0.717) is 17.6 Å². The van der Waals surface area contributed by atoms with Crippen LogP contribution in [0.5, 0.6) is 0 Å². The number of aliphatic hydroxyl groups excluding tert-OH is 3. The van der Waals surface area contributed by atoms with Gasteiger partial charge in [0.1, 0.15) is 11.5 Å². The van der Waals surface area contributed by atoms with Gasteiger partial charge in [-0.05, 0) is 74.3 Å². The lowest BCUT2D eigenvalue weighted by atomic mass is 9.41. The highest BCUT2D eigenvalue weighted by Crippen LogP contribution is 2.68. The average molecular weight is 567 g/mol. The van der Waals surface area contributed by atoms with E-state index >= 15 is 0 Å². The smallest absolute Gasteiger partial charge is 0.193 e. The Bertz CT molecular complexity index is 1640. The molecule has 220 valence electrons. The molecule has 0 saturated carbocycles. The highest BCUT2D eigenvalue weighted by molar-refractivity contribution is 6.16. The first kappa shape index (κ1) is 29.8. The van der Waals surface area contributed by atoms with Crippen LogP contribution in [0.4, 0.5) is 0 Å². The van der Waals surface area contributed by atoms with Gasteiger partial charge < -0.3 is 15.3 Å². The predicted molar refractivity (Wildman–Crippen MR) is 166 cm³/mol. The summed E-state index contributed by atoms with van der Waals surface area (Å²) in [6, 6.07) is 12.4. The maximum absolute atomic E-state index is 14.5. The number of aliphatic hydroxyl groups is 3. The van der Waals surface area contributed by atoms with Crippen LogP contribution in [-0.4, -0.2) is 33.0 Å². The first-order valence-corrected chi connectivity index (χ1v) is 14.7. The number of benzene rings is 2. The Balaban J connectivity index is 1.63. The quantitative estimate of drug-likeness (QED) is 0.326. The summed E-state index contributed by atoms with van der Waals surface area (Å²) in [5.74, 6) is -1.71. The van der Waals surface area contributed by atoms with Crippen LogP contribution in [0.25, 0.3) is 0 Å². The first-order chi connectivity index (χ1) is 19.5. The number of carbonyl (C=O) groups is 2. The third-order valence-electron chi connectivity index (χ3n) is 10.9. The van der Waals surface area contributed by atoms with Gasteiger partial charge in [-0.1, -0.05) is 81.5 Å². The fourth-order valence-electron chi connectivity index (χ4n) is 7.95. The molecule has 2 aromatic carbocycles. The zero-order chi connectivity index (χ0) is 31.1. The second-order valence-corrected chi connectivity index (χ2v) is 13.5. The summed E-state index contributed by atoms with van der Waals surface area (Å²) in [6.45, 7) is 20.9. The molecule has 0 aliphatic heterocycles. The molecule has 5 heteroatoms. The lowest BCUT2D eigenvalue weighted by Gasteiger charge is -2.61. The number of hydrogen-bond donors (Lipinski definition) is 3. The van der Waals surface area contributed by atoms with E-state index in [2.05, 4.69) is 44.3 Å². The van der Waals surface area contributed by atoms with Crippen molar-refractivity contribution in [3.05, 3.63) is 117 Å². The number of hydrogen-bond acceptors (Lipinski definition) is 5. The number of Topliss-reactive ketones (excluding diaryl/α,β-unsaturated/α-hetero) is 2. The highest BCUT2D eigenvalue weighted by atomic mass is 16.3. The van der Waals surface area contributed by atoms with Crippen LogP contribution in [0.1, 0.15) is 85.1 Å². The van der Waals surface area contributed by atoms with Gasteiger partial charge >= 0.3 is 0 Å². The summed E-state index contributed by atoms with van der Waals surface area (Å²) in [4.78, 5) is 28.5. The van der Waals surface area contributed by atoms with Crippen LogP contribution in [0.2, 0.25) is 0 Å². The van der Waals surface area contributed by atoms with Crippen molar-refractivity contribution < 1.29 is 24.9 Å². The van der Waals surface area contributed by atoms with E-state index in [1.165, 1.54) is 11.1 Å². The Hall–Kier alpha value is -3.70. The van der Waals surface area contributed by atoms with Gasteiger partial charge in [0.15, 0.2) is 11.6 Å². The zero-order valence-corrected chi connectivity index (χ0v) is 25.8. The Labute approximate surface area is 249 Å². The monoisotopic (exact) mass is 566 g/mol. The molecule has 5 atom stereocenters. The van der Waals surface area contributed by atoms with E-state index < -0.39 is 28.1 Å². The molecule has 3 aliphatic carbocycles. The molecule has 0 spiro atoms. The summed E-state index contributed by atoms with van der Waals surface area (Å²) < 4.78 is 0. The van der Waals surface area contributed by atoms with Gasteiger partial charge in [-0.2, -0.15) is 0 Å². The van der Waals surface area contributed by atoms with Crippen molar-refractivity contribution in [2.24, 2.45) is 16.2 Å². The van der Waals surface area contributed by atoms with Crippen LogP contribution in [0, 0.1) is 30.1 Å². The third kappa shape index (κ3) is 3.79. The first-order valence-electron chi connectivity index (χ1n) is 14.7. The molecule has 5 nitrogen and oxygen atoms in total. The normalized spacial score (nSPS) is 30.6. The van der Waals surface area contributed by atoms with Gasteiger partial charge in [0.2, 0.25) is 0 Å². The van der Waals surface area contributed by atoms with Crippen molar-refractivity contribution in [2.75, 3.05) is 0 Å².